The van der Waals surface area contributed by atoms with E-state index in [1.54, 1.807) is 6.26 Å². The minimum absolute atomic E-state index is 0.259. The van der Waals surface area contributed by atoms with Crippen LogP contribution < -0.4 is 0 Å². The van der Waals surface area contributed by atoms with Gasteiger partial charge in [-0.1, -0.05) is 11.8 Å². The molecule has 0 saturated heterocycles. The lowest BCUT2D eigenvalue weighted by Gasteiger charge is -2.12. The second kappa shape index (κ2) is 5.70. The third-order valence-electron chi connectivity index (χ3n) is 2.49. The fourth-order valence-corrected chi connectivity index (χ4v) is 2.62. The fraction of sp³-hybridized carbons (Fsp3) is 0.273. The molecule has 0 fully saturated rings. The molecule has 1 heterocycles. The lowest BCUT2D eigenvalue weighted by molar-refractivity contribution is -0.396. The monoisotopic (exact) mass is 282 g/mol. The first-order chi connectivity index (χ1) is 9.08. The third kappa shape index (κ3) is 3.22. The summed E-state index contributed by atoms with van der Waals surface area (Å²) in [6.07, 6.45) is 3.23. The van der Waals surface area contributed by atoms with Crippen molar-refractivity contribution in [2.45, 2.75) is 17.7 Å². The molecular formula is C11H10N2O5S. The van der Waals surface area contributed by atoms with E-state index >= 15 is 0 Å². The maximum absolute atomic E-state index is 11.0. The van der Waals surface area contributed by atoms with Crippen LogP contribution in [0.4, 0.5) is 11.4 Å². The van der Waals surface area contributed by atoms with Crippen LogP contribution in [0.15, 0.2) is 34.3 Å². The van der Waals surface area contributed by atoms with E-state index in [2.05, 4.69) is 0 Å². The van der Waals surface area contributed by atoms with Crippen LogP contribution in [-0.2, 0) is 4.74 Å². The summed E-state index contributed by atoms with van der Waals surface area (Å²) in [5.41, 5.74) is -0.546. The van der Waals surface area contributed by atoms with Gasteiger partial charge in [-0.2, -0.15) is 0 Å². The number of nitrogens with zero attached hydrogens (tertiary/aromatic N) is 2. The average molecular weight is 282 g/mol. The van der Waals surface area contributed by atoms with Crippen LogP contribution in [0.2, 0.25) is 0 Å². The van der Waals surface area contributed by atoms with Crippen LogP contribution in [0.25, 0.3) is 0 Å². The summed E-state index contributed by atoms with van der Waals surface area (Å²) in [7, 11) is 0. The largest absolute Gasteiger partial charge is 0.500 e. The second-order valence-electron chi connectivity index (χ2n) is 3.83. The van der Waals surface area contributed by atoms with Gasteiger partial charge in [-0.3, -0.25) is 20.2 Å². The molecule has 0 saturated carbocycles. The highest BCUT2D eigenvalue weighted by Gasteiger charge is 2.21. The molecule has 1 aliphatic rings. The number of non-ortho nitro benzene ring substituents is 1. The molecule has 0 aromatic heterocycles. The number of nitro benzene ring substituents is 2. The van der Waals surface area contributed by atoms with Gasteiger partial charge in [0.2, 0.25) is 0 Å². The minimum Gasteiger partial charge on any atom is -0.500 e. The number of allylic oxidation sites excluding steroid dienone is 1. The Kier molecular flexibility index (Phi) is 4.00. The van der Waals surface area contributed by atoms with Crippen LogP contribution in [0.5, 0.6) is 0 Å². The van der Waals surface area contributed by atoms with Crippen molar-refractivity contribution in [2.75, 3.05) is 6.61 Å². The Labute approximate surface area is 112 Å². The first-order valence-electron chi connectivity index (χ1n) is 5.49. The summed E-state index contributed by atoms with van der Waals surface area (Å²) in [6.45, 7) is 0.645. The van der Waals surface area contributed by atoms with Crippen LogP contribution in [0.3, 0.4) is 0 Å². The molecule has 0 bridgehead atoms. The molecule has 8 heteroatoms. The van der Waals surface area contributed by atoms with Gasteiger partial charge in [-0.15, -0.1) is 0 Å². The van der Waals surface area contributed by atoms with Crippen LogP contribution in [0, 0.1) is 20.2 Å². The number of ether oxygens (including phenoxy) is 1. The summed E-state index contributed by atoms with van der Waals surface area (Å²) >= 11 is 1.21. The van der Waals surface area contributed by atoms with Gasteiger partial charge in [-0.25, -0.2) is 0 Å². The zero-order chi connectivity index (χ0) is 13.8. The van der Waals surface area contributed by atoms with Crippen molar-refractivity contribution in [2.24, 2.45) is 0 Å². The minimum atomic E-state index is -0.648. The molecular weight excluding hydrogens is 272 g/mol. The van der Waals surface area contributed by atoms with E-state index in [0.29, 0.717) is 11.5 Å². The molecule has 0 aliphatic carbocycles. The number of thioether (sulfide) groups is 1. The predicted octanol–water partition coefficient (Wildman–Crippen LogP) is 3.25. The van der Waals surface area contributed by atoms with E-state index in [-0.39, 0.29) is 11.4 Å². The highest BCUT2D eigenvalue weighted by Crippen LogP contribution is 2.38. The molecule has 0 spiro atoms. The lowest BCUT2D eigenvalue weighted by Crippen LogP contribution is -1.98. The normalized spacial score (nSPS) is 14.4. The standard InChI is InChI=1S/C11H10N2O5S/c14-12(15)8-3-4-11(10(6-8)13(16)17)19-9-2-1-5-18-7-9/h3-4,6-7H,1-2,5H2. The Bertz CT molecular complexity index is 558. The molecule has 0 atom stereocenters. The van der Waals surface area contributed by atoms with Gasteiger partial charge in [0.25, 0.3) is 11.4 Å². The van der Waals surface area contributed by atoms with Gasteiger partial charge in [0, 0.05) is 11.0 Å². The Morgan fingerprint density at radius 2 is 2.00 bits per heavy atom. The summed E-state index contributed by atoms with van der Waals surface area (Å²) in [5, 5.41) is 21.6. The van der Waals surface area contributed by atoms with Crippen LogP contribution in [-0.4, -0.2) is 16.5 Å². The SMILES string of the molecule is O=[N+]([O-])c1ccc(SC2=COCCC2)c([N+](=O)[O-])c1. The lowest BCUT2D eigenvalue weighted by atomic mass is 10.3. The number of hydrogen-bond donors (Lipinski definition) is 0. The van der Waals surface area contributed by atoms with Gasteiger partial charge in [-0.05, 0) is 18.9 Å². The van der Waals surface area contributed by atoms with Gasteiger partial charge < -0.3 is 4.74 Å². The molecule has 0 unspecified atom stereocenters. The van der Waals surface area contributed by atoms with E-state index in [0.717, 1.165) is 23.8 Å². The average Bonchev–Trinajstić information content (AvgIpc) is 2.39. The van der Waals surface area contributed by atoms with Crippen molar-refractivity contribution in [3.63, 3.8) is 0 Å². The number of hydrogen-bond acceptors (Lipinski definition) is 6. The van der Waals surface area contributed by atoms with E-state index in [4.69, 9.17) is 4.74 Å². The highest BCUT2D eigenvalue weighted by atomic mass is 32.2. The fourth-order valence-electron chi connectivity index (χ4n) is 1.61. The predicted molar refractivity (Wildman–Crippen MR) is 68.9 cm³/mol. The van der Waals surface area contributed by atoms with E-state index in [1.165, 1.54) is 23.9 Å². The zero-order valence-corrected chi connectivity index (χ0v) is 10.6. The first kappa shape index (κ1) is 13.3. The smallest absolute Gasteiger partial charge is 0.290 e. The number of rotatable bonds is 4. The van der Waals surface area contributed by atoms with Crippen LogP contribution >= 0.6 is 11.8 Å². The first-order valence-corrected chi connectivity index (χ1v) is 6.31. The van der Waals surface area contributed by atoms with E-state index in [9.17, 15) is 20.2 Å². The van der Waals surface area contributed by atoms with E-state index in [1.807, 2.05) is 0 Å². The molecule has 1 aromatic rings. The van der Waals surface area contributed by atoms with Gasteiger partial charge in [0.05, 0.1) is 33.7 Å². The topological polar surface area (TPSA) is 95.5 Å². The Balaban J connectivity index is 2.31. The van der Waals surface area contributed by atoms with Crippen molar-refractivity contribution in [1.29, 1.82) is 0 Å². The zero-order valence-electron chi connectivity index (χ0n) is 9.77. The molecule has 19 heavy (non-hydrogen) atoms. The Hall–Kier alpha value is -2.09. The van der Waals surface area contributed by atoms with Crippen molar-refractivity contribution >= 4 is 23.1 Å². The third-order valence-corrected chi connectivity index (χ3v) is 3.62. The Morgan fingerprint density at radius 1 is 1.21 bits per heavy atom. The highest BCUT2D eigenvalue weighted by molar-refractivity contribution is 8.03. The summed E-state index contributed by atoms with van der Waals surface area (Å²) in [5.74, 6) is 0. The second-order valence-corrected chi connectivity index (χ2v) is 5.00. The van der Waals surface area contributed by atoms with Gasteiger partial charge >= 0.3 is 0 Å². The van der Waals surface area contributed by atoms with Crippen molar-refractivity contribution < 1.29 is 14.6 Å². The molecule has 2 rings (SSSR count). The van der Waals surface area contributed by atoms with Crippen molar-refractivity contribution in [3.05, 3.63) is 49.6 Å². The van der Waals surface area contributed by atoms with Gasteiger partial charge in [0.15, 0.2) is 0 Å². The van der Waals surface area contributed by atoms with Crippen LogP contribution in [0.1, 0.15) is 12.8 Å². The molecule has 100 valence electrons. The van der Waals surface area contributed by atoms with Crippen molar-refractivity contribution in [1.82, 2.24) is 0 Å². The van der Waals surface area contributed by atoms with Gasteiger partial charge in [0.1, 0.15) is 0 Å². The van der Waals surface area contributed by atoms with E-state index < -0.39 is 9.85 Å². The van der Waals surface area contributed by atoms with Crippen molar-refractivity contribution in [3.8, 4) is 0 Å². The summed E-state index contributed by atoms with van der Waals surface area (Å²) < 4.78 is 5.16. The maximum atomic E-state index is 11.0. The molecule has 0 radical (unpaired) electrons. The number of nitro groups is 2. The molecule has 1 aliphatic heterocycles. The molecule has 0 amide bonds. The Morgan fingerprint density at radius 3 is 2.58 bits per heavy atom. The molecule has 7 nitrogen and oxygen atoms in total. The molecule has 0 N–H and O–H groups in total. The molecule has 1 aromatic carbocycles. The summed E-state index contributed by atoms with van der Waals surface area (Å²) in [6, 6.07) is 3.64. The quantitative estimate of drug-likeness (QED) is 0.621. The number of benzene rings is 1. The summed E-state index contributed by atoms with van der Waals surface area (Å²) in [4.78, 5) is 21.6. The maximum Gasteiger partial charge on any atom is 0.290 e.